The predicted molar refractivity (Wildman–Crippen MR) is 108 cm³/mol. The third-order valence-electron chi connectivity index (χ3n) is 9.23. The van der Waals surface area contributed by atoms with Crippen molar-refractivity contribution < 1.29 is 15.3 Å². The van der Waals surface area contributed by atoms with Crippen molar-refractivity contribution in [2.24, 2.45) is 34.5 Å². The van der Waals surface area contributed by atoms with E-state index in [-0.39, 0.29) is 35.6 Å². The number of aliphatic hydroxyl groups excluding tert-OH is 3. The molecule has 0 saturated heterocycles. The molecule has 8 atom stereocenters. The lowest BCUT2D eigenvalue weighted by Gasteiger charge is -2.62. The first kappa shape index (κ1) is 18.8. The van der Waals surface area contributed by atoms with E-state index in [9.17, 15) is 15.3 Å². The first-order chi connectivity index (χ1) is 13.5. The number of pyridine rings is 1. The zero-order valence-corrected chi connectivity index (χ0v) is 16.8. The molecule has 1 aromatic heterocycles. The highest BCUT2D eigenvalue weighted by atomic mass is 16.3. The molecule has 4 aliphatic rings. The Bertz CT molecular complexity index is 764. The van der Waals surface area contributed by atoms with Crippen molar-refractivity contribution >= 4 is 5.57 Å². The van der Waals surface area contributed by atoms with Gasteiger partial charge in [-0.15, -0.1) is 0 Å². The average Bonchev–Trinajstić information content (AvgIpc) is 3.10. The molecule has 3 saturated carbocycles. The highest BCUT2D eigenvalue weighted by molar-refractivity contribution is 5.73. The summed E-state index contributed by atoms with van der Waals surface area (Å²) in [4.78, 5) is 4.31. The van der Waals surface area contributed by atoms with E-state index in [0.29, 0.717) is 17.8 Å². The molecule has 1 aromatic rings. The maximum atomic E-state index is 11.3. The van der Waals surface area contributed by atoms with Crippen molar-refractivity contribution in [3.05, 3.63) is 36.2 Å². The topological polar surface area (TPSA) is 73.6 Å². The van der Waals surface area contributed by atoms with Crippen molar-refractivity contribution in [3.63, 3.8) is 0 Å². The van der Waals surface area contributed by atoms with Crippen LogP contribution in [-0.4, -0.2) is 39.1 Å². The van der Waals surface area contributed by atoms with Crippen LogP contribution in [0.2, 0.25) is 0 Å². The largest absolute Gasteiger partial charge is 0.395 e. The van der Waals surface area contributed by atoms with E-state index in [1.807, 2.05) is 12.3 Å². The molecule has 8 unspecified atom stereocenters. The second kappa shape index (κ2) is 6.65. The number of rotatable bonds is 2. The molecule has 0 spiro atoms. The summed E-state index contributed by atoms with van der Waals surface area (Å²) in [5.41, 5.74) is 2.32. The summed E-state index contributed by atoms with van der Waals surface area (Å²) >= 11 is 0. The Morgan fingerprint density at radius 1 is 1.14 bits per heavy atom. The predicted octanol–water partition coefficient (Wildman–Crippen LogP) is 3.42. The van der Waals surface area contributed by atoms with Crippen LogP contribution in [0.1, 0.15) is 57.4 Å². The van der Waals surface area contributed by atoms with Crippen molar-refractivity contribution in [2.75, 3.05) is 6.61 Å². The maximum Gasteiger partial charge on any atom is 0.0577 e. The van der Waals surface area contributed by atoms with E-state index in [1.54, 1.807) is 6.20 Å². The van der Waals surface area contributed by atoms with Gasteiger partial charge in [-0.3, -0.25) is 4.98 Å². The number of nitrogens with zero attached hydrogens (tertiary/aromatic N) is 1. The van der Waals surface area contributed by atoms with E-state index in [4.69, 9.17) is 0 Å². The number of allylic oxidation sites excluding steroid dienone is 1. The lowest BCUT2D eigenvalue weighted by atomic mass is 9.43. The molecule has 0 radical (unpaired) electrons. The number of fused-ring (bicyclic) bond motifs is 5. The summed E-state index contributed by atoms with van der Waals surface area (Å²) in [6.07, 6.45) is 12.1. The summed E-state index contributed by atoms with van der Waals surface area (Å²) in [5.74, 6) is 1.44. The highest BCUT2D eigenvalue weighted by Crippen LogP contribution is 2.67. The van der Waals surface area contributed by atoms with Gasteiger partial charge in [0.1, 0.15) is 0 Å². The van der Waals surface area contributed by atoms with Gasteiger partial charge in [0, 0.05) is 17.8 Å². The molecule has 3 N–H and O–H groups in total. The van der Waals surface area contributed by atoms with Gasteiger partial charge >= 0.3 is 0 Å². The van der Waals surface area contributed by atoms with Gasteiger partial charge < -0.3 is 15.3 Å². The van der Waals surface area contributed by atoms with E-state index in [1.165, 1.54) is 5.57 Å². The lowest BCUT2D eigenvalue weighted by molar-refractivity contribution is -0.169. The summed E-state index contributed by atoms with van der Waals surface area (Å²) in [5, 5.41) is 32.1. The molecule has 0 amide bonds. The Morgan fingerprint density at radius 2 is 2.00 bits per heavy atom. The van der Waals surface area contributed by atoms with E-state index in [0.717, 1.165) is 50.5 Å². The SMILES string of the molecule is CC12CCC(O)CC1CC(O)C1C3CC=C(c4cccnc4)C3(CO)CCC12. The maximum absolute atomic E-state index is 11.3. The normalized spacial score (nSPS) is 47.6. The minimum atomic E-state index is -0.328. The second-order valence-corrected chi connectivity index (χ2v) is 10.2. The molecule has 5 rings (SSSR count). The van der Waals surface area contributed by atoms with Crippen molar-refractivity contribution in [3.8, 4) is 0 Å². The smallest absolute Gasteiger partial charge is 0.0577 e. The molecule has 0 bridgehead atoms. The zero-order chi connectivity index (χ0) is 19.5. The van der Waals surface area contributed by atoms with Crippen LogP contribution in [0.4, 0.5) is 0 Å². The van der Waals surface area contributed by atoms with Gasteiger partial charge in [0.05, 0.1) is 18.8 Å². The van der Waals surface area contributed by atoms with Crippen molar-refractivity contribution in [1.82, 2.24) is 4.98 Å². The van der Waals surface area contributed by atoms with Crippen LogP contribution in [-0.2, 0) is 0 Å². The molecule has 4 nitrogen and oxygen atoms in total. The molecular formula is C24H33NO3. The Labute approximate surface area is 167 Å². The van der Waals surface area contributed by atoms with Gasteiger partial charge in [-0.1, -0.05) is 19.1 Å². The van der Waals surface area contributed by atoms with Crippen LogP contribution < -0.4 is 0 Å². The van der Waals surface area contributed by atoms with E-state index >= 15 is 0 Å². The first-order valence-corrected chi connectivity index (χ1v) is 11.1. The zero-order valence-electron chi connectivity index (χ0n) is 16.8. The van der Waals surface area contributed by atoms with Crippen molar-refractivity contribution in [2.45, 2.75) is 64.1 Å². The van der Waals surface area contributed by atoms with E-state index in [2.05, 4.69) is 24.1 Å². The summed E-state index contributed by atoms with van der Waals surface area (Å²) in [6.45, 7) is 2.57. The second-order valence-electron chi connectivity index (χ2n) is 10.2. The number of aromatic nitrogens is 1. The molecule has 4 heteroatoms. The Morgan fingerprint density at radius 3 is 2.75 bits per heavy atom. The van der Waals surface area contributed by atoms with Gasteiger partial charge in [-0.2, -0.15) is 0 Å². The minimum absolute atomic E-state index is 0.146. The third kappa shape index (κ3) is 2.50. The molecule has 0 aromatic carbocycles. The Balaban J connectivity index is 1.50. The molecule has 0 aliphatic heterocycles. The fourth-order valence-corrected chi connectivity index (χ4v) is 7.82. The molecule has 4 aliphatic carbocycles. The van der Waals surface area contributed by atoms with Gasteiger partial charge in [0.2, 0.25) is 0 Å². The van der Waals surface area contributed by atoms with Gasteiger partial charge in [-0.25, -0.2) is 0 Å². The first-order valence-electron chi connectivity index (χ1n) is 11.1. The summed E-state index contributed by atoms with van der Waals surface area (Å²) in [7, 11) is 0. The van der Waals surface area contributed by atoms with Gasteiger partial charge in [0.15, 0.2) is 0 Å². The minimum Gasteiger partial charge on any atom is -0.395 e. The van der Waals surface area contributed by atoms with Crippen LogP contribution in [0.25, 0.3) is 5.57 Å². The van der Waals surface area contributed by atoms with Crippen LogP contribution in [0.5, 0.6) is 0 Å². The summed E-state index contributed by atoms with van der Waals surface area (Å²) < 4.78 is 0. The average molecular weight is 384 g/mol. The fourth-order valence-electron chi connectivity index (χ4n) is 7.82. The molecule has 1 heterocycles. The summed E-state index contributed by atoms with van der Waals surface area (Å²) in [6, 6.07) is 4.07. The Hall–Kier alpha value is -1.23. The third-order valence-corrected chi connectivity index (χ3v) is 9.23. The number of hydrogen-bond acceptors (Lipinski definition) is 4. The van der Waals surface area contributed by atoms with Gasteiger partial charge in [-0.05, 0) is 91.2 Å². The monoisotopic (exact) mass is 383 g/mol. The van der Waals surface area contributed by atoms with E-state index < -0.39 is 0 Å². The molecule has 28 heavy (non-hydrogen) atoms. The Kier molecular flexibility index (Phi) is 4.46. The van der Waals surface area contributed by atoms with Gasteiger partial charge in [0.25, 0.3) is 0 Å². The molecule has 152 valence electrons. The standard InChI is InChI=1S/C24H33NO3/c1-23-8-6-17(27)11-16(23)12-21(28)22-19(23)7-9-24(14-26)18(4-5-20(22)24)15-3-2-10-25-13-15/h2-4,10,13,16-17,19-22,26-28H,5-9,11-12,14H2,1H3. The molecule has 3 fully saturated rings. The van der Waals surface area contributed by atoms with Crippen LogP contribution in [0.15, 0.2) is 30.6 Å². The lowest BCUT2D eigenvalue weighted by Crippen LogP contribution is -2.59. The fraction of sp³-hybridized carbons (Fsp3) is 0.708. The number of hydrogen-bond donors (Lipinski definition) is 3. The van der Waals surface area contributed by atoms with Crippen LogP contribution in [0.3, 0.4) is 0 Å². The van der Waals surface area contributed by atoms with Crippen LogP contribution >= 0.6 is 0 Å². The van der Waals surface area contributed by atoms with Crippen molar-refractivity contribution in [1.29, 1.82) is 0 Å². The molecular weight excluding hydrogens is 350 g/mol. The van der Waals surface area contributed by atoms with Crippen LogP contribution in [0, 0.1) is 34.5 Å². The quantitative estimate of drug-likeness (QED) is 0.732. The number of aliphatic hydroxyl groups is 3. The highest BCUT2D eigenvalue weighted by Gasteiger charge is 2.62.